The Balaban J connectivity index is 1.61. The number of nitrogens with one attached hydrogen (secondary N) is 1. The summed E-state index contributed by atoms with van der Waals surface area (Å²) in [6.45, 7) is 9.42. The third-order valence-electron chi connectivity index (χ3n) is 4.56. The minimum absolute atomic E-state index is 0.0908. The van der Waals surface area contributed by atoms with Crippen molar-refractivity contribution in [2.24, 2.45) is 0 Å². The van der Waals surface area contributed by atoms with Crippen LogP contribution in [0.1, 0.15) is 30.6 Å². The lowest BCUT2D eigenvalue weighted by Crippen LogP contribution is -2.55. The zero-order chi connectivity index (χ0) is 17.0. The van der Waals surface area contributed by atoms with Crippen molar-refractivity contribution in [1.29, 1.82) is 0 Å². The number of morpholine rings is 1. The van der Waals surface area contributed by atoms with Crippen LogP contribution in [0.3, 0.4) is 0 Å². The Labute approximate surface area is 143 Å². The van der Waals surface area contributed by atoms with Gasteiger partial charge in [-0.15, -0.1) is 0 Å². The van der Waals surface area contributed by atoms with E-state index in [1.54, 1.807) is 12.1 Å². The Bertz CT molecular complexity index is 582. The van der Waals surface area contributed by atoms with Crippen LogP contribution >= 0.6 is 0 Å². The van der Waals surface area contributed by atoms with Gasteiger partial charge in [0, 0.05) is 37.2 Å². The molecule has 0 aliphatic carbocycles. The van der Waals surface area contributed by atoms with Gasteiger partial charge < -0.3 is 19.5 Å². The first-order valence-electron chi connectivity index (χ1n) is 8.57. The van der Waals surface area contributed by atoms with Crippen LogP contribution in [0.25, 0.3) is 0 Å². The second-order valence-corrected chi connectivity index (χ2v) is 6.81. The number of nitrogens with zero attached hydrogens (tertiary/aromatic N) is 1. The van der Waals surface area contributed by atoms with E-state index in [1.807, 2.05) is 6.07 Å². The van der Waals surface area contributed by atoms with E-state index in [-0.39, 0.29) is 11.4 Å². The number of hydrogen-bond donors (Lipinski definition) is 1. The molecule has 1 aromatic carbocycles. The Morgan fingerprint density at radius 2 is 1.83 bits per heavy atom. The third kappa shape index (κ3) is 3.99. The second kappa shape index (κ2) is 7.40. The molecular formula is C18H26N2O4. The number of rotatable bonds is 4. The summed E-state index contributed by atoms with van der Waals surface area (Å²) >= 11 is 0. The van der Waals surface area contributed by atoms with Crippen molar-refractivity contribution in [1.82, 2.24) is 10.2 Å². The summed E-state index contributed by atoms with van der Waals surface area (Å²) in [4.78, 5) is 14.8. The number of fused-ring (bicyclic) bond motifs is 1. The SMILES string of the molecule is CC(C)(CNC(=O)c1ccc2c(c1)OCCCO2)N1CCOCC1. The van der Waals surface area contributed by atoms with Gasteiger partial charge in [-0.05, 0) is 32.0 Å². The summed E-state index contributed by atoms with van der Waals surface area (Å²) in [6, 6.07) is 5.35. The highest BCUT2D eigenvalue weighted by atomic mass is 16.5. The Hall–Kier alpha value is -1.79. The van der Waals surface area contributed by atoms with Gasteiger partial charge in [-0.25, -0.2) is 0 Å². The molecule has 2 heterocycles. The molecule has 0 spiro atoms. The quantitative estimate of drug-likeness (QED) is 0.908. The molecule has 6 nitrogen and oxygen atoms in total. The fraction of sp³-hybridized carbons (Fsp3) is 0.611. The van der Waals surface area contributed by atoms with Gasteiger partial charge in [0.1, 0.15) is 0 Å². The lowest BCUT2D eigenvalue weighted by molar-refractivity contribution is -0.00923. The van der Waals surface area contributed by atoms with Crippen molar-refractivity contribution in [3.8, 4) is 11.5 Å². The first-order chi connectivity index (χ1) is 11.6. The van der Waals surface area contributed by atoms with Crippen LogP contribution in [0.15, 0.2) is 18.2 Å². The normalized spacial score (nSPS) is 18.8. The first-order valence-corrected chi connectivity index (χ1v) is 8.57. The lowest BCUT2D eigenvalue weighted by atomic mass is 10.0. The first kappa shape index (κ1) is 17.0. The molecule has 24 heavy (non-hydrogen) atoms. The van der Waals surface area contributed by atoms with Crippen LogP contribution in [0.4, 0.5) is 0 Å². The van der Waals surface area contributed by atoms with E-state index in [0.717, 1.165) is 32.7 Å². The molecule has 2 aliphatic heterocycles. The highest BCUT2D eigenvalue weighted by Gasteiger charge is 2.28. The van der Waals surface area contributed by atoms with Gasteiger partial charge in [0.2, 0.25) is 0 Å². The zero-order valence-electron chi connectivity index (χ0n) is 14.5. The van der Waals surface area contributed by atoms with Crippen LogP contribution in [0.5, 0.6) is 11.5 Å². The fourth-order valence-corrected chi connectivity index (χ4v) is 2.98. The monoisotopic (exact) mass is 334 g/mol. The molecule has 0 radical (unpaired) electrons. The molecule has 0 saturated carbocycles. The van der Waals surface area contributed by atoms with Gasteiger partial charge in [0.25, 0.3) is 5.91 Å². The standard InChI is InChI=1S/C18H26N2O4/c1-18(2,20-6-10-22-11-7-20)13-19-17(21)14-4-5-15-16(12-14)24-9-3-8-23-15/h4-5,12H,3,6-11,13H2,1-2H3,(H,19,21). The molecule has 0 aromatic heterocycles. The van der Waals surface area contributed by atoms with E-state index < -0.39 is 0 Å². The van der Waals surface area contributed by atoms with Gasteiger partial charge in [-0.1, -0.05) is 0 Å². The highest BCUT2D eigenvalue weighted by Crippen LogP contribution is 2.30. The maximum Gasteiger partial charge on any atom is 0.251 e. The van der Waals surface area contributed by atoms with E-state index in [4.69, 9.17) is 14.2 Å². The molecule has 132 valence electrons. The van der Waals surface area contributed by atoms with Crippen LogP contribution in [0, 0.1) is 0 Å². The summed E-state index contributed by atoms with van der Waals surface area (Å²) in [6.07, 6.45) is 0.851. The van der Waals surface area contributed by atoms with Gasteiger partial charge in [0.05, 0.1) is 26.4 Å². The molecule has 0 atom stereocenters. The van der Waals surface area contributed by atoms with Crippen molar-refractivity contribution in [3.05, 3.63) is 23.8 Å². The number of ether oxygens (including phenoxy) is 3. The molecule has 2 aliphatic rings. The molecule has 0 bridgehead atoms. The summed E-state index contributed by atoms with van der Waals surface area (Å²) < 4.78 is 16.7. The van der Waals surface area contributed by atoms with Gasteiger partial charge in [-0.3, -0.25) is 9.69 Å². The average Bonchev–Trinajstić information content (AvgIpc) is 2.85. The highest BCUT2D eigenvalue weighted by molar-refractivity contribution is 5.94. The van der Waals surface area contributed by atoms with Crippen molar-refractivity contribution >= 4 is 5.91 Å². The number of benzene rings is 1. The second-order valence-electron chi connectivity index (χ2n) is 6.81. The van der Waals surface area contributed by atoms with Crippen molar-refractivity contribution in [2.75, 3.05) is 46.1 Å². The fourth-order valence-electron chi connectivity index (χ4n) is 2.98. The van der Waals surface area contributed by atoms with Crippen LogP contribution in [0.2, 0.25) is 0 Å². The molecule has 6 heteroatoms. The molecule has 1 amide bonds. The van der Waals surface area contributed by atoms with Crippen molar-refractivity contribution in [2.45, 2.75) is 25.8 Å². The maximum atomic E-state index is 12.5. The molecule has 0 unspecified atom stereocenters. The van der Waals surface area contributed by atoms with E-state index in [0.29, 0.717) is 36.8 Å². The topological polar surface area (TPSA) is 60.0 Å². The Morgan fingerprint density at radius 3 is 2.58 bits per heavy atom. The molecule has 1 saturated heterocycles. The number of carbonyl (C=O) groups is 1. The molecule has 1 fully saturated rings. The maximum absolute atomic E-state index is 12.5. The molecule has 1 aromatic rings. The van der Waals surface area contributed by atoms with Crippen molar-refractivity contribution in [3.63, 3.8) is 0 Å². The summed E-state index contributed by atoms with van der Waals surface area (Å²) in [5.41, 5.74) is 0.488. The van der Waals surface area contributed by atoms with E-state index in [9.17, 15) is 4.79 Å². The van der Waals surface area contributed by atoms with Crippen LogP contribution < -0.4 is 14.8 Å². The van der Waals surface area contributed by atoms with Crippen LogP contribution in [-0.2, 0) is 4.74 Å². The smallest absolute Gasteiger partial charge is 0.251 e. The lowest BCUT2D eigenvalue weighted by Gasteiger charge is -2.40. The largest absolute Gasteiger partial charge is 0.490 e. The van der Waals surface area contributed by atoms with Crippen molar-refractivity contribution < 1.29 is 19.0 Å². The van der Waals surface area contributed by atoms with Gasteiger partial charge in [0.15, 0.2) is 11.5 Å². The molecule has 3 rings (SSSR count). The molecule has 1 N–H and O–H groups in total. The Kier molecular flexibility index (Phi) is 5.26. The zero-order valence-corrected chi connectivity index (χ0v) is 14.5. The third-order valence-corrected chi connectivity index (χ3v) is 4.56. The minimum atomic E-state index is -0.106. The summed E-state index contributed by atoms with van der Waals surface area (Å²) in [5, 5.41) is 3.04. The van der Waals surface area contributed by atoms with E-state index in [1.165, 1.54) is 0 Å². The minimum Gasteiger partial charge on any atom is -0.490 e. The number of hydrogen-bond acceptors (Lipinski definition) is 5. The Morgan fingerprint density at radius 1 is 1.12 bits per heavy atom. The number of amides is 1. The molecular weight excluding hydrogens is 308 g/mol. The number of carbonyl (C=O) groups excluding carboxylic acids is 1. The predicted octanol–water partition coefficient (Wildman–Crippen LogP) is 1.69. The summed E-state index contributed by atoms with van der Waals surface area (Å²) in [7, 11) is 0. The average molecular weight is 334 g/mol. The van der Waals surface area contributed by atoms with Gasteiger partial charge >= 0.3 is 0 Å². The van der Waals surface area contributed by atoms with Gasteiger partial charge in [-0.2, -0.15) is 0 Å². The predicted molar refractivity (Wildman–Crippen MR) is 90.9 cm³/mol. The van der Waals surface area contributed by atoms with Crippen LogP contribution in [-0.4, -0.2) is 62.4 Å². The van der Waals surface area contributed by atoms with E-state index in [2.05, 4.69) is 24.1 Å². The van der Waals surface area contributed by atoms with E-state index >= 15 is 0 Å². The summed E-state index contributed by atoms with van der Waals surface area (Å²) in [5.74, 6) is 1.26.